The summed E-state index contributed by atoms with van der Waals surface area (Å²) in [5.74, 6) is 2.91. The summed E-state index contributed by atoms with van der Waals surface area (Å²) >= 11 is 0. The van der Waals surface area contributed by atoms with Gasteiger partial charge in [-0.15, -0.1) is 6.42 Å². The van der Waals surface area contributed by atoms with Crippen molar-refractivity contribution in [1.29, 1.82) is 0 Å². The van der Waals surface area contributed by atoms with Crippen LogP contribution in [0.3, 0.4) is 0 Å². The summed E-state index contributed by atoms with van der Waals surface area (Å²) in [6, 6.07) is 10.1. The fraction of sp³-hybridized carbons (Fsp3) is 0.471. The van der Waals surface area contributed by atoms with Crippen molar-refractivity contribution < 1.29 is 9.53 Å². The van der Waals surface area contributed by atoms with Crippen molar-refractivity contribution in [2.45, 2.75) is 38.3 Å². The molecule has 2 saturated heterocycles. The molecule has 0 unspecified atom stereocenters. The molecule has 104 valence electrons. The van der Waals surface area contributed by atoms with E-state index in [0.717, 1.165) is 31.2 Å². The van der Waals surface area contributed by atoms with Crippen molar-refractivity contribution >= 4 is 6.09 Å². The van der Waals surface area contributed by atoms with E-state index < -0.39 is 0 Å². The third-order valence-electron chi connectivity index (χ3n) is 4.57. The number of piperidine rings is 2. The van der Waals surface area contributed by atoms with Gasteiger partial charge in [-0.3, -0.25) is 0 Å². The average molecular weight is 269 g/mol. The van der Waals surface area contributed by atoms with Crippen LogP contribution in [0.4, 0.5) is 4.79 Å². The maximum atomic E-state index is 12.3. The number of benzene rings is 1. The fourth-order valence-electron chi connectivity index (χ4n) is 3.29. The second kappa shape index (κ2) is 5.20. The summed E-state index contributed by atoms with van der Waals surface area (Å²) in [6.07, 6.45) is 9.53. The van der Waals surface area contributed by atoms with E-state index in [9.17, 15) is 4.79 Å². The number of nitrogens with zero attached hydrogens (tertiary/aromatic N) is 1. The molecule has 3 heteroatoms. The van der Waals surface area contributed by atoms with Gasteiger partial charge >= 0.3 is 6.09 Å². The number of rotatable bonds is 2. The lowest BCUT2D eigenvalue weighted by Gasteiger charge is -2.49. The van der Waals surface area contributed by atoms with Crippen LogP contribution in [0.25, 0.3) is 0 Å². The van der Waals surface area contributed by atoms with Gasteiger partial charge in [0.25, 0.3) is 0 Å². The van der Waals surface area contributed by atoms with Crippen LogP contribution < -0.4 is 0 Å². The molecular weight excluding hydrogens is 250 g/mol. The predicted octanol–water partition coefficient (Wildman–Crippen LogP) is 3.20. The number of carbonyl (C=O) groups is 1. The predicted molar refractivity (Wildman–Crippen MR) is 76.9 cm³/mol. The smallest absolute Gasteiger partial charge is 0.410 e. The molecule has 2 aliphatic heterocycles. The first-order valence-electron chi connectivity index (χ1n) is 7.18. The van der Waals surface area contributed by atoms with Crippen molar-refractivity contribution in [3.63, 3.8) is 0 Å². The normalized spacial score (nSPS) is 27.9. The zero-order chi connectivity index (χ0) is 14.0. The van der Waals surface area contributed by atoms with Crippen molar-refractivity contribution in [3.8, 4) is 12.3 Å². The number of terminal acetylenes is 1. The van der Waals surface area contributed by atoms with Gasteiger partial charge in [-0.05, 0) is 31.2 Å². The Morgan fingerprint density at radius 3 is 2.70 bits per heavy atom. The Balaban J connectivity index is 1.62. The van der Waals surface area contributed by atoms with Gasteiger partial charge in [-0.25, -0.2) is 4.79 Å². The number of ether oxygens (including phenoxy) is 1. The Hall–Kier alpha value is -1.95. The van der Waals surface area contributed by atoms with Gasteiger partial charge in [-0.2, -0.15) is 0 Å². The van der Waals surface area contributed by atoms with E-state index in [1.165, 1.54) is 0 Å². The van der Waals surface area contributed by atoms with Crippen LogP contribution in [0.15, 0.2) is 30.3 Å². The molecule has 2 heterocycles. The minimum Gasteiger partial charge on any atom is -0.445 e. The molecule has 0 spiro atoms. The van der Waals surface area contributed by atoms with E-state index in [1.54, 1.807) is 0 Å². The van der Waals surface area contributed by atoms with E-state index in [0.29, 0.717) is 19.2 Å². The van der Waals surface area contributed by atoms with Gasteiger partial charge in [0, 0.05) is 18.0 Å². The molecule has 3 aliphatic rings. The minimum absolute atomic E-state index is 0.111. The Bertz CT molecular complexity index is 524. The summed E-state index contributed by atoms with van der Waals surface area (Å²) in [6.45, 7) is 0.980. The summed E-state index contributed by atoms with van der Waals surface area (Å²) in [5, 5.41) is 0. The molecule has 1 aromatic carbocycles. The molecule has 1 aliphatic carbocycles. The Morgan fingerprint density at radius 1 is 1.35 bits per heavy atom. The van der Waals surface area contributed by atoms with E-state index in [2.05, 4.69) is 5.92 Å². The number of hydrogen-bond donors (Lipinski definition) is 0. The lowest BCUT2D eigenvalue weighted by Crippen LogP contribution is -2.55. The van der Waals surface area contributed by atoms with Gasteiger partial charge in [0.05, 0.1) is 0 Å². The Kier molecular flexibility index (Phi) is 3.40. The number of carbonyl (C=O) groups excluding carboxylic acids is 1. The van der Waals surface area contributed by atoms with Crippen LogP contribution >= 0.6 is 0 Å². The molecule has 4 rings (SSSR count). The van der Waals surface area contributed by atoms with Crippen molar-refractivity contribution in [2.75, 3.05) is 6.54 Å². The van der Waals surface area contributed by atoms with Crippen LogP contribution in [0.2, 0.25) is 0 Å². The maximum absolute atomic E-state index is 12.3. The summed E-state index contributed by atoms with van der Waals surface area (Å²) in [5.41, 5.74) is 0.898. The molecule has 2 bridgehead atoms. The third-order valence-corrected chi connectivity index (χ3v) is 4.57. The standard InChI is InChI=1S/C17H19NO2/c1-2-17-10-8-15(9-11-17)18(13-17)16(19)20-12-14-6-4-3-5-7-14/h1,3-7,15H,8-13H2. The molecule has 3 nitrogen and oxygen atoms in total. The van der Waals surface area contributed by atoms with Crippen LogP contribution in [0, 0.1) is 17.8 Å². The second-order valence-electron chi connectivity index (χ2n) is 5.82. The van der Waals surface area contributed by atoms with Crippen LogP contribution in [-0.4, -0.2) is 23.6 Å². The van der Waals surface area contributed by atoms with Crippen molar-refractivity contribution in [3.05, 3.63) is 35.9 Å². The van der Waals surface area contributed by atoms with E-state index in [1.807, 2.05) is 35.2 Å². The highest BCUT2D eigenvalue weighted by atomic mass is 16.6. The molecule has 0 atom stereocenters. The van der Waals surface area contributed by atoms with E-state index >= 15 is 0 Å². The molecular formula is C17H19NO2. The molecule has 1 aromatic rings. The molecule has 0 radical (unpaired) electrons. The SMILES string of the molecule is C#CC12CCC(CC1)N(C(=O)OCc1ccccc1)C2. The zero-order valence-electron chi connectivity index (χ0n) is 11.5. The van der Waals surface area contributed by atoms with Crippen LogP contribution in [-0.2, 0) is 11.3 Å². The fourth-order valence-corrected chi connectivity index (χ4v) is 3.29. The van der Waals surface area contributed by atoms with Gasteiger partial charge in [0.1, 0.15) is 6.61 Å². The Labute approximate surface area is 119 Å². The summed E-state index contributed by atoms with van der Waals surface area (Å²) < 4.78 is 5.43. The number of fused-ring (bicyclic) bond motifs is 3. The van der Waals surface area contributed by atoms with Gasteiger partial charge in [0.2, 0.25) is 0 Å². The lowest BCUT2D eigenvalue weighted by molar-refractivity contribution is 0.00372. The third kappa shape index (κ3) is 2.38. The van der Waals surface area contributed by atoms with Crippen LogP contribution in [0.5, 0.6) is 0 Å². The minimum atomic E-state index is -0.224. The summed E-state index contributed by atoms with van der Waals surface area (Å²) in [7, 11) is 0. The first-order valence-corrected chi connectivity index (χ1v) is 7.18. The highest BCUT2D eigenvalue weighted by Crippen LogP contribution is 2.44. The quantitative estimate of drug-likeness (QED) is 0.772. The monoisotopic (exact) mass is 269 g/mol. The molecule has 0 aromatic heterocycles. The van der Waals surface area contributed by atoms with Crippen molar-refractivity contribution in [1.82, 2.24) is 4.90 Å². The number of amides is 1. The van der Waals surface area contributed by atoms with Gasteiger partial charge in [-0.1, -0.05) is 36.3 Å². The molecule has 1 amide bonds. The first kappa shape index (κ1) is 13.1. The second-order valence-corrected chi connectivity index (χ2v) is 5.82. The largest absolute Gasteiger partial charge is 0.445 e. The highest BCUT2D eigenvalue weighted by Gasteiger charge is 2.45. The topological polar surface area (TPSA) is 29.5 Å². The summed E-state index contributed by atoms with van der Waals surface area (Å²) in [4.78, 5) is 14.1. The highest BCUT2D eigenvalue weighted by molar-refractivity contribution is 5.68. The molecule has 20 heavy (non-hydrogen) atoms. The van der Waals surface area contributed by atoms with Gasteiger partial charge in [0.15, 0.2) is 0 Å². The Morgan fingerprint density at radius 2 is 2.05 bits per heavy atom. The maximum Gasteiger partial charge on any atom is 0.410 e. The molecule has 1 saturated carbocycles. The van der Waals surface area contributed by atoms with Gasteiger partial charge < -0.3 is 9.64 Å². The van der Waals surface area contributed by atoms with E-state index in [-0.39, 0.29) is 11.5 Å². The molecule has 0 N–H and O–H groups in total. The molecule has 3 fully saturated rings. The van der Waals surface area contributed by atoms with Crippen molar-refractivity contribution in [2.24, 2.45) is 5.41 Å². The first-order chi connectivity index (χ1) is 9.72. The van der Waals surface area contributed by atoms with E-state index in [4.69, 9.17) is 11.2 Å². The lowest BCUT2D eigenvalue weighted by atomic mass is 9.68. The average Bonchev–Trinajstić information content (AvgIpc) is 2.54. The number of hydrogen-bond acceptors (Lipinski definition) is 2. The van der Waals surface area contributed by atoms with Crippen LogP contribution in [0.1, 0.15) is 31.2 Å². The zero-order valence-corrected chi connectivity index (χ0v) is 11.5.